The minimum atomic E-state index is -0.877. The van der Waals surface area contributed by atoms with Gasteiger partial charge in [-0.15, -0.1) is 0 Å². The van der Waals surface area contributed by atoms with E-state index in [4.69, 9.17) is 14.6 Å². The van der Waals surface area contributed by atoms with E-state index in [1.165, 1.54) is 12.8 Å². The molecule has 2 N–H and O–H groups in total. The number of carboxylic acid groups (broad SMARTS) is 1. The van der Waals surface area contributed by atoms with Crippen LogP contribution >= 0.6 is 0 Å². The van der Waals surface area contributed by atoms with Crippen molar-refractivity contribution in [3.8, 4) is 11.5 Å². The molecule has 1 aromatic carbocycles. The van der Waals surface area contributed by atoms with Crippen molar-refractivity contribution in [2.24, 2.45) is 0 Å². The third kappa shape index (κ3) is 5.66. The number of methoxy groups -OCH3 is 1. The Labute approximate surface area is 148 Å². The van der Waals surface area contributed by atoms with Crippen molar-refractivity contribution in [3.63, 3.8) is 0 Å². The topological polar surface area (TPSA) is 84.9 Å². The highest BCUT2D eigenvalue weighted by Gasteiger charge is 2.23. The number of nitrogens with one attached hydrogen (secondary N) is 1. The number of ether oxygens (including phenoxy) is 2. The molecule has 0 atom stereocenters. The number of carbonyl (C=O) groups is 2. The van der Waals surface area contributed by atoms with Crippen LogP contribution in [0.5, 0.6) is 11.5 Å². The number of carbonyl (C=O) groups excluding carboxylic acids is 1. The number of carboxylic acids is 1. The molecule has 1 aliphatic rings. The van der Waals surface area contributed by atoms with E-state index in [2.05, 4.69) is 5.32 Å². The van der Waals surface area contributed by atoms with E-state index >= 15 is 0 Å². The number of hydrogen-bond acceptors (Lipinski definition) is 4. The number of amides is 1. The summed E-state index contributed by atoms with van der Waals surface area (Å²) >= 11 is 0. The second-order valence-corrected chi connectivity index (χ2v) is 7.12. The number of rotatable bonds is 8. The summed E-state index contributed by atoms with van der Waals surface area (Å²) in [4.78, 5) is 23.2. The SMILES string of the molecule is COc1cc(C(=O)NC(C)(C)CCC(=O)O)ccc1OC1CCCC1. The van der Waals surface area contributed by atoms with Crippen LogP contribution < -0.4 is 14.8 Å². The molecule has 1 aromatic rings. The van der Waals surface area contributed by atoms with Crippen LogP contribution in [0.15, 0.2) is 18.2 Å². The highest BCUT2D eigenvalue weighted by Crippen LogP contribution is 2.32. The van der Waals surface area contributed by atoms with Crippen LogP contribution in [0.1, 0.15) is 62.7 Å². The van der Waals surface area contributed by atoms with Crippen molar-refractivity contribution in [2.75, 3.05) is 7.11 Å². The molecule has 0 bridgehead atoms. The smallest absolute Gasteiger partial charge is 0.303 e. The molecule has 138 valence electrons. The van der Waals surface area contributed by atoms with Crippen molar-refractivity contribution in [2.45, 2.75) is 64.0 Å². The molecule has 1 aliphatic carbocycles. The predicted molar refractivity (Wildman–Crippen MR) is 94.3 cm³/mol. The first-order valence-corrected chi connectivity index (χ1v) is 8.70. The first kappa shape index (κ1) is 19.1. The molecule has 0 aromatic heterocycles. The lowest BCUT2D eigenvalue weighted by Crippen LogP contribution is -2.43. The minimum Gasteiger partial charge on any atom is -0.493 e. The third-order valence-electron chi connectivity index (χ3n) is 4.44. The van der Waals surface area contributed by atoms with Gasteiger partial charge in [-0.2, -0.15) is 0 Å². The van der Waals surface area contributed by atoms with Gasteiger partial charge in [0.1, 0.15) is 0 Å². The minimum absolute atomic E-state index is 0.00473. The molecule has 0 saturated heterocycles. The van der Waals surface area contributed by atoms with E-state index in [1.54, 1.807) is 25.3 Å². The van der Waals surface area contributed by atoms with Crippen molar-refractivity contribution in [1.82, 2.24) is 5.32 Å². The molecule has 0 aliphatic heterocycles. The molecule has 0 radical (unpaired) electrons. The Hall–Kier alpha value is -2.24. The normalized spacial score (nSPS) is 15.0. The van der Waals surface area contributed by atoms with Crippen LogP contribution in [0.4, 0.5) is 0 Å². The maximum absolute atomic E-state index is 12.5. The monoisotopic (exact) mass is 349 g/mol. The zero-order valence-corrected chi connectivity index (χ0v) is 15.1. The first-order chi connectivity index (χ1) is 11.8. The van der Waals surface area contributed by atoms with E-state index in [-0.39, 0.29) is 18.4 Å². The summed E-state index contributed by atoms with van der Waals surface area (Å²) in [7, 11) is 1.55. The molecule has 0 spiro atoms. The molecule has 2 rings (SSSR count). The van der Waals surface area contributed by atoms with Crippen molar-refractivity contribution in [1.29, 1.82) is 0 Å². The Morgan fingerprint density at radius 1 is 1.24 bits per heavy atom. The number of benzene rings is 1. The fraction of sp³-hybridized carbons (Fsp3) is 0.579. The second-order valence-electron chi connectivity index (χ2n) is 7.12. The fourth-order valence-corrected chi connectivity index (χ4v) is 2.95. The molecule has 1 saturated carbocycles. The van der Waals surface area contributed by atoms with E-state index < -0.39 is 11.5 Å². The van der Waals surface area contributed by atoms with E-state index in [9.17, 15) is 9.59 Å². The maximum atomic E-state index is 12.5. The van der Waals surface area contributed by atoms with E-state index in [1.807, 2.05) is 13.8 Å². The second kappa shape index (κ2) is 8.23. The van der Waals surface area contributed by atoms with Gasteiger partial charge in [-0.05, 0) is 64.2 Å². The van der Waals surface area contributed by atoms with Crippen LogP contribution in [0.2, 0.25) is 0 Å². The maximum Gasteiger partial charge on any atom is 0.303 e. The van der Waals surface area contributed by atoms with Crippen molar-refractivity contribution >= 4 is 11.9 Å². The molecule has 1 fully saturated rings. The molecule has 1 amide bonds. The van der Waals surface area contributed by atoms with Gasteiger partial charge in [-0.3, -0.25) is 9.59 Å². The van der Waals surface area contributed by atoms with Gasteiger partial charge in [0, 0.05) is 17.5 Å². The van der Waals surface area contributed by atoms with Gasteiger partial charge >= 0.3 is 5.97 Å². The molecule has 0 heterocycles. The van der Waals surface area contributed by atoms with Crippen molar-refractivity contribution < 1.29 is 24.2 Å². The number of hydrogen-bond donors (Lipinski definition) is 2. The van der Waals surface area contributed by atoms with Gasteiger partial charge in [-0.25, -0.2) is 0 Å². The van der Waals surface area contributed by atoms with Gasteiger partial charge in [0.15, 0.2) is 11.5 Å². The lowest BCUT2D eigenvalue weighted by atomic mass is 9.97. The summed E-state index contributed by atoms with van der Waals surface area (Å²) < 4.78 is 11.3. The summed E-state index contributed by atoms with van der Waals surface area (Å²) in [5, 5.41) is 11.7. The van der Waals surface area contributed by atoms with Gasteiger partial charge in [-0.1, -0.05) is 0 Å². The standard InChI is InChI=1S/C19H27NO5/c1-19(2,11-10-17(21)22)20-18(23)13-8-9-15(16(12-13)24-3)25-14-6-4-5-7-14/h8-9,12,14H,4-7,10-11H2,1-3H3,(H,20,23)(H,21,22). The predicted octanol–water partition coefficient (Wildman–Crippen LogP) is 3.39. The fourth-order valence-electron chi connectivity index (χ4n) is 2.95. The largest absolute Gasteiger partial charge is 0.493 e. The average Bonchev–Trinajstić information content (AvgIpc) is 3.06. The first-order valence-electron chi connectivity index (χ1n) is 8.70. The average molecular weight is 349 g/mol. The molecule has 6 nitrogen and oxygen atoms in total. The summed E-state index contributed by atoms with van der Waals surface area (Å²) in [6.45, 7) is 3.62. The Morgan fingerprint density at radius 3 is 2.52 bits per heavy atom. The Bertz CT molecular complexity index is 620. The Morgan fingerprint density at radius 2 is 1.92 bits per heavy atom. The van der Waals surface area contributed by atoms with Crippen LogP contribution in [-0.4, -0.2) is 35.7 Å². The summed E-state index contributed by atoms with van der Waals surface area (Å²) in [6.07, 6.45) is 5.02. The van der Waals surface area contributed by atoms with Crippen molar-refractivity contribution in [3.05, 3.63) is 23.8 Å². The molecule has 0 unspecified atom stereocenters. The quantitative estimate of drug-likeness (QED) is 0.751. The lowest BCUT2D eigenvalue weighted by molar-refractivity contribution is -0.137. The van der Waals surface area contributed by atoms with Crippen LogP contribution in [-0.2, 0) is 4.79 Å². The van der Waals surface area contributed by atoms with Crippen LogP contribution in [0, 0.1) is 0 Å². The van der Waals surface area contributed by atoms with Gasteiger partial charge in [0.25, 0.3) is 5.91 Å². The molecule has 25 heavy (non-hydrogen) atoms. The zero-order valence-electron chi connectivity index (χ0n) is 15.1. The highest BCUT2D eigenvalue weighted by molar-refractivity contribution is 5.95. The van der Waals surface area contributed by atoms with Crippen LogP contribution in [0.3, 0.4) is 0 Å². The van der Waals surface area contributed by atoms with Gasteiger partial charge < -0.3 is 19.9 Å². The Kier molecular flexibility index (Phi) is 6.28. The Balaban J connectivity index is 2.05. The summed E-state index contributed by atoms with van der Waals surface area (Å²) in [5.41, 5.74) is -0.152. The third-order valence-corrected chi connectivity index (χ3v) is 4.44. The van der Waals surface area contributed by atoms with Gasteiger partial charge in [0.05, 0.1) is 13.2 Å². The van der Waals surface area contributed by atoms with Gasteiger partial charge in [0.2, 0.25) is 0 Å². The van der Waals surface area contributed by atoms with E-state index in [0.717, 1.165) is 12.8 Å². The molecule has 6 heteroatoms. The molecular formula is C19H27NO5. The zero-order chi connectivity index (χ0) is 18.4. The summed E-state index contributed by atoms with van der Waals surface area (Å²) in [5.74, 6) is 0.0393. The number of aliphatic carboxylic acids is 1. The lowest BCUT2D eigenvalue weighted by Gasteiger charge is -2.26. The van der Waals surface area contributed by atoms with Crippen LogP contribution in [0.25, 0.3) is 0 Å². The molecular weight excluding hydrogens is 322 g/mol. The van der Waals surface area contributed by atoms with E-state index in [0.29, 0.717) is 23.5 Å². The highest BCUT2D eigenvalue weighted by atomic mass is 16.5. The summed E-state index contributed by atoms with van der Waals surface area (Å²) in [6, 6.07) is 5.12.